The summed E-state index contributed by atoms with van der Waals surface area (Å²) in [5, 5.41) is 10.4. The van der Waals surface area contributed by atoms with E-state index in [4.69, 9.17) is 0 Å². The fourth-order valence-corrected chi connectivity index (χ4v) is 3.30. The lowest BCUT2D eigenvalue weighted by Gasteiger charge is -2.18. The van der Waals surface area contributed by atoms with Crippen molar-refractivity contribution in [2.75, 3.05) is 0 Å². The molecule has 0 bridgehead atoms. The largest absolute Gasteiger partial charge is 0.433 e. The zero-order valence-electron chi connectivity index (χ0n) is 16.7. The third kappa shape index (κ3) is 6.62. The Bertz CT molecular complexity index is 726. The van der Waals surface area contributed by atoms with Gasteiger partial charge in [-0.15, -0.1) is 0 Å². The molecule has 0 aliphatic rings. The highest BCUT2D eigenvalue weighted by molar-refractivity contribution is 5.60. The number of rotatable bonds is 10. The fourth-order valence-electron chi connectivity index (χ4n) is 3.30. The van der Waals surface area contributed by atoms with E-state index in [1.54, 1.807) is 18.2 Å². The van der Waals surface area contributed by atoms with E-state index in [2.05, 4.69) is 11.9 Å². The van der Waals surface area contributed by atoms with Crippen LogP contribution >= 0.6 is 0 Å². The normalized spacial score (nSPS) is 12.9. The van der Waals surface area contributed by atoms with E-state index in [1.807, 2.05) is 19.1 Å². The molecule has 0 saturated heterocycles. The molecule has 28 heavy (non-hydrogen) atoms. The van der Waals surface area contributed by atoms with Crippen LogP contribution in [0.1, 0.15) is 81.2 Å². The molecular weight excluding hydrogens is 363 g/mol. The summed E-state index contributed by atoms with van der Waals surface area (Å²) in [5.74, 6) is 0. The number of alkyl halides is 3. The van der Waals surface area contributed by atoms with Gasteiger partial charge < -0.3 is 5.11 Å². The number of nitrogens with zero attached hydrogens (tertiary/aromatic N) is 1. The Morgan fingerprint density at radius 1 is 0.893 bits per heavy atom. The van der Waals surface area contributed by atoms with Gasteiger partial charge in [-0.25, -0.2) is 4.98 Å². The average Bonchev–Trinajstić information content (AvgIpc) is 2.66. The van der Waals surface area contributed by atoms with Crippen molar-refractivity contribution >= 4 is 0 Å². The minimum atomic E-state index is -4.60. The zero-order valence-corrected chi connectivity index (χ0v) is 16.7. The number of pyridine rings is 1. The maximum Gasteiger partial charge on any atom is 0.433 e. The third-order valence-corrected chi connectivity index (χ3v) is 4.98. The Labute approximate surface area is 165 Å². The van der Waals surface area contributed by atoms with Gasteiger partial charge in [0.05, 0.1) is 11.8 Å². The number of halogens is 3. The van der Waals surface area contributed by atoms with Crippen LogP contribution in [-0.4, -0.2) is 10.1 Å². The van der Waals surface area contributed by atoms with Crippen LogP contribution in [0, 0.1) is 6.92 Å². The van der Waals surface area contributed by atoms with E-state index in [0.29, 0.717) is 18.4 Å². The Balaban J connectivity index is 2.07. The van der Waals surface area contributed by atoms with E-state index >= 15 is 0 Å². The summed E-state index contributed by atoms with van der Waals surface area (Å²) in [6, 6.07) is 10.1. The Morgan fingerprint density at radius 2 is 1.50 bits per heavy atom. The number of aliphatic hydroxyl groups excluding tert-OH is 1. The van der Waals surface area contributed by atoms with Crippen molar-refractivity contribution in [1.29, 1.82) is 0 Å². The van der Waals surface area contributed by atoms with Crippen LogP contribution in [-0.2, 0) is 6.18 Å². The standard InChI is InChI=1S/C23H30F3NO/c1-3-4-5-6-7-8-9-10-21(28)19-15-16-20(27-22(19)23(24,25)26)18-13-11-17(2)12-14-18/h11-16,21,28H,3-10H2,1-2H3. The molecule has 2 rings (SSSR count). The molecule has 0 spiro atoms. The smallest absolute Gasteiger partial charge is 0.388 e. The molecule has 1 aromatic heterocycles. The number of unbranched alkanes of at least 4 members (excludes halogenated alkanes) is 6. The lowest BCUT2D eigenvalue weighted by atomic mass is 9.99. The molecule has 0 fully saturated rings. The second kappa shape index (κ2) is 10.6. The number of hydrogen-bond acceptors (Lipinski definition) is 2. The topological polar surface area (TPSA) is 33.1 Å². The van der Waals surface area contributed by atoms with Crippen LogP contribution < -0.4 is 0 Å². The van der Waals surface area contributed by atoms with Crippen molar-refractivity contribution in [3.63, 3.8) is 0 Å². The summed E-state index contributed by atoms with van der Waals surface area (Å²) in [7, 11) is 0. The molecule has 0 aliphatic heterocycles. The first kappa shape index (κ1) is 22.4. The van der Waals surface area contributed by atoms with Gasteiger partial charge in [-0.05, 0) is 19.4 Å². The molecule has 1 atom stereocenters. The number of aryl methyl sites for hydroxylation is 1. The van der Waals surface area contributed by atoms with E-state index in [9.17, 15) is 18.3 Å². The van der Waals surface area contributed by atoms with Gasteiger partial charge in [-0.1, -0.05) is 87.8 Å². The third-order valence-electron chi connectivity index (χ3n) is 4.98. The Kier molecular flexibility index (Phi) is 8.49. The van der Waals surface area contributed by atoms with Crippen LogP contribution in [0.2, 0.25) is 0 Å². The molecule has 1 unspecified atom stereocenters. The predicted octanol–water partition coefficient (Wildman–Crippen LogP) is 7.25. The van der Waals surface area contributed by atoms with E-state index in [1.165, 1.54) is 25.3 Å². The molecule has 1 heterocycles. The minimum absolute atomic E-state index is 0.130. The molecule has 2 aromatic rings. The van der Waals surface area contributed by atoms with E-state index < -0.39 is 18.0 Å². The number of benzene rings is 1. The van der Waals surface area contributed by atoms with Gasteiger partial charge in [0.25, 0.3) is 0 Å². The van der Waals surface area contributed by atoms with Crippen molar-refractivity contribution < 1.29 is 18.3 Å². The van der Waals surface area contributed by atoms with Gasteiger partial charge in [0.2, 0.25) is 0 Å². The second-order valence-electron chi connectivity index (χ2n) is 7.42. The minimum Gasteiger partial charge on any atom is -0.388 e. The first-order valence-electron chi connectivity index (χ1n) is 10.2. The monoisotopic (exact) mass is 393 g/mol. The maximum absolute atomic E-state index is 13.6. The molecule has 5 heteroatoms. The van der Waals surface area contributed by atoms with Crippen LogP contribution in [0.25, 0.3) is 11.3 Å². The first-order chi connectivity index (χ1) is 13.3. The van der Waals surface area contributed by atoms with Crippen molar-refractivity contribution in [2.45, 2.75) is 77.5 Å². The van der Waals surface area contributed by atoms with Gasteiger partial charge in [0.15, 0.2) is 5.69 Å². The number of aromatic nitrogens is 1. The summed E-state index contributed by atoms with van der Waals surface area (Å²) >= 11 is 0. The van der Waals surface area contributed by atoms with Crippen molar-refractivity contribution in [1.82, 2.24) is 4.98 Å². The van der Waals surface area contributed by atoms with Gasteiger partial charge >= 0.3 is 6.18 Å². The van der Waals surface area contributed by atoms with Crippen LogP contribution in [0.3, 0.4) is 0 Å². The number of aliphatic hydroxyl groups is 1. The van der Waals surface area contributed by atoms with Gasteiger partial charge in [-0.3, -0.25) is 0 Å². The molecule has 1 N–H and O–H groups in total. The average molecular weight is 393 g/mol. The molecule has 154 valence electrons. The molecule has 1 aromatic carbocycles. The fraction of sp³-hybridized carbons (Fsp3) is 0.522. The highest BCUT2D eigenvalue weighted by Crippen LogP contribution is 2.36. The summed E-state index contributed by atoms with van der Waals surface area (Å²) in [6.45, 7) is 4.08. The SMILES string of the molecule is CCCCCCCCCC(O)c1ccc(-c2ccc(C)cc2)nc1C(F)(F)F. The Hall–Kier alpha value is -1.88. The second-order valence-corrected chi connectivity index (χ2v) is 7.42. The summed E-state index contributed by atoms with van der Waals surface area (Å²) in [6.07, 6.45) is 2.02. The molecule has 0 aliphatic carbocycles. The predicted molar refractivity (Wildman–Crippen MR) is 107 cm³/mol. The highest BCUT2D eigenvalue weighted by Gasteiger charge is 2.37. The lowest BCUT2D eigenvalue weighted by molar-refractivity contribution is -0.142. The van der Waals surface area contributed by atoms with Crippen molar-refractivity contribution in [2.24, 2.45) is 0 Å². The van der Waals surface area contributed by atoms with Gasteiger partial charge in [0.1, 0.15) is 0 Å². The summed E-state index contributed by atoms with van der Waals surface area (Å²) in [4.78, 5) is 3.86. The number of hydrogen-bond donors (Lipinski definition) is 1. The van der Waals surface area contributed by atoms with Crippen molar-refractivity contribution in [3.05, 3.63) is 53.2 Å². The van der Waals surface area contributed by atoms with Gasteiger partial charge in [0, 0.05) is 11.1 Å². The van der Waals surface area contributed by atoms with Crippen molar-refractivity contribution in [3.8, 4) is 11.3 Å². The molecule has 2 nitrogen and oxygen atoms in total. The Morgan fingerprint density at radius 3 is 2.11 bits per heavy atom. The zero-order chi connectivity index (χ0) is 20.6. The van der Waals surface area contributed by atoms with Gasteiger partial charge in [-0.2, -0.15) is 13.2 Å². The summed E-state index contributed by atoms with van der Waals surface area (Å²) in [5.41, 5.74) is 0.806. The molecule has 0 amide bonds. The summed E-state index contributed by atoms with van der Waals surface area (Å²) < 4.78 is 40.7. The molecule has 0 saturated carbocycles. The molecular formula is C23H30F3NO. The van der Waals surface area contributed by atoms with Crippen LogP contribution in [0.15, 0.2) is 36.4 Å². The van der Waals surface area contributed by atoms with Crippen LogP contribution in [0.4, 0.5) is 13.2 Å². The quantitative estimate of drug-likeness (QED) is 0.431. The lowest BCUT2D eigenvalue weighted by Crippen LogP contribution is -2.15. The van der Waals surface area contributed by atoms with E-state index in [0.717, 1.165) is 24.8 Å². The van der Waals surface area contributed by atoms with E-state index in [-0.39, 0.29) is 11.3 Å². The van der Waals surface area contributed by atoms with Crippen LogP contribution in [0.5, 0.6) is 0 Å². The first-order valence-corrected chi connectivity index (χ1v) is 10.2. The highest BCUT2D eigenvalue weighted by atomic mass is 19.4. The maximum atomic E-state index is 13.6. The molecule has 0 radical (unpaired) electrons.